The summed E-state index contributed by atoms with van der Waals surface area (Å²) in [7, 11) is 0. The van der Waals surface area contributed by atoms with Crippen molar-refractivity contribution in [2.45, 2.75) is 32.5 Å². The lowest BCUT2D eigenvalue weighted by atomic mass is 9.86. The molecule has 0 aliphatic carbocycles. The summed E-state index contributed by atoms with van der Waals surface area (Å²) in [5, 5.41) is 8.44. The molecule has 0 fully saturated rings. The average Bonchev–Trinajstić information content (AvgIpc) is 2.16. The molecule has 0 radical (unpaired) electrons. The lowest BCUT2D eigenvalue weighted by Gasteiger charge is -2.22. The molecule has 0 saturated heterocycles. The molecule has 0 aliphatic rings. The molecule has 0 saturated carbocycles. The molecule has 0 heterocycles. The lowest BCUT2D eigenvalue weighted by molar-refractivity contribution is -0.153. The topological polar surface area (TPSA) is 46.5 Å². The Morgan fingerprint density at radius 2 is 1.94 bits per heavy atom. The summed E-state index contributed by atoms with van der Waals surface area (Å²) < 4.78 is 17.7. The first-order valence-corrected chi connectivity index (χ1v) is 4.95. The van der Waals surface area contributed by atoms with Gasteiger partial charge in [-0.2, -0.15) is 4.39 Å². The molecule has 16 heavy (non-hydrogen) atoms. The molecule has 1 aromatic rings. The standard InChI is InChI=1S/C12H15FO3/c1-12(2,3)8-6-4-5-7-9(8)16-10(13)11(14)15/h4-7,10H,1-3H3,(H,14,15). The first-order valence-electron chi connectivity index (χ1n) is 4.95. The Hall–Kier alpha value is -1.58. The molecule has 1 rings (SSSR count). The number of para-hydroxylation sites is 1. The van der Waals surface area contributed by atoms with Crippen LogP contribution in [0.3, 0.4) is 0 Å². The molecular weight excluding hydrogens is 211 g/mol. The molecule has 1 atom stereocenters. The number of benzene rings is 1. The number of rotatable bonds is 3. The Bertz CT molecular complexity index is 382. The number of halogens is 1. The highest BCUT2D eigenvalue weighted by Crippen LogP contribution is 2.31. The summed E-state index contributed by atoms with van der Waals surface area (Å²) in [5.74, 6) is -1.35. The lowest BCUT2D eigenvalue weighted by Crippen LogP contribution is -2.23. The Morgan fingerprint density at radius 3 is 2.44 bits per heavy atom. The average molecular weight is 226 g/mol. The van der Waals surface area contributed by atoms with E-state index < -0.39 is 12.3 Å². The van der Waals surface area contributed by atoms with Gasteiger partial charge in [0.1, 0.15) is 5.75 Å². The van der Waals surface area contributed by atoms with E-state index in [1.54, 1.807) is 24.3 Å². The van der Waals surface area contributed by atoms with Gasteiger partial charge in [-0.3, -0.25) is 0 Å². The van der Waals surface area contributed by atoms with Gasteiger partial charge in [0.15, 0.2) is 0 Å². The van der Waals surface area contributed by atoms with Gasteiger partial charge in [-0.1, -0.05) is 39.0 Å². The first kappa shape index (κ1) is 12.5. The maximum Gasteiger partial charge on any atom is 0.378 e. The van der Waals surface area contributed by atoms with Crippen molar-refractivity contribution in [2.75, 3.05) is 0 Å². The molecule has 0 aromatic heterocycles. The highest BCUT2D eigenvalue weighted by molar-refractivity contribution is 5.71. The summed E-state index contributed by atoms with van der Waals surface area (Å²) in [4.78, 5) is 10.4. The fourth-order valence-electron chi connectivity index (χ4n) is 1.35. The highest BCUT2D eigenvalue weighted by atomic mass is 19.1. The van der Waals surface area contributed by atoms with Crippen molar-refractivity contribution in [2.24, 2.45) is 0 Å². The van der Waals surface area contributed by atoms with Gasteiger partial charge >= 0.3 is 12.3 Å². The van der Waals surface area contributed by atoms with Gasteiger partial charge in [0.2, 0.25) is 0 Å². The SMILES string of the molecule is CC(C)(C)c1ccccc1OC(F)C(=O)O. The number of hydrogen-bond acceptors (Lipinski definition) is 2. The number of hydrogen-bond donors (Lipinski definition) is 1. The zero-order chi connectivity index (χ0) is 12.3. The highest BCUT2D eigenvalue weighted by Gasteiger charge is 2.23. The third-order valence-corrected chi connectivity index (χ3v) is 2.12. The monoisotopic (exact) mass is 226 g/mol. The van der Waals surface area contributed by atoms with Crippen LogP contribution in [0.2, 0.25) is 0 Å². The maximum absolute atomic E-state index is 13.0. The minimum absolute atomic E-state index is 0.227. The van der Waals surface area contributed by atoms with Gasteiger partial charge in [0, 0.05) is 0 Å². The van der Waals surface area contributed by atoms with Crippen LogP contribution in [-0.2, 0) is 10.2 Å². The third kappa shape index (κ3) is 2.95. The molecule has 0 amide bonds. The second kappa shape index (κ2) is 4.51. The van der Waals surface area contributed by atoms with Gasteiger partial charge in [0.25, 0.3) is 0 Å². The smallest absolute Gasteiger partial charge is 0.378 e. The number of carbonyl (C=O) groups is 1. The summed E-state index contributed by atoms with van der Waals surface area (Å²) >= 11 is 0. The van der Waals surface area contributed by atoms with Crippen molar-refractivity contribution in [1.82, 2.24) is 0 Å². The van der Waals surface area contributed by atoms with E-state index in [1.807, 2.05) is 20.8 Å². The Labute approximate surface area is 93.9 Å². The molecule has 1 unspecified atom stereocenters. The van der Waals surface area contributed by atoms with Crippen LogP contribution in [0.15, 0.2) is 24.3 Å². The van der Waals surface area contributed by atoms with Crippen LogP contribution in [0, 0.1) is 0 Å². The van der Waals surface area contributed by atoms with E-state index in [-0.39, 0.29) is 11.2 Å². The predicted molar refractivity (Wildman–Crippen MR) is 58.3 cm³/mol. The first-order chi connectivity index (χ1) is 7.32. The largest absolute Gasteiger partial charge is 0.476 e. The van der Waals surface area contributed by atoms with E-state index in [0.717, 1.165) is 5.56 Å². The molecule has 4 heteroatoms. The van der Waals surface area contributed by atoms with E-state index in [1.165, 1.54) is 0 Å². The molecular formula is C12H15FO3. The molecule has 0 bridgehead atoms. The number of alkyl halides is 1. The quantitative estimate of drug-likeness (QED) is 0.862. The van der Waals surface area contributed by atoms with E-state index in [2.05, 4.69) is 0 Å². The zero-order valence-corrected chi connectivity index (χ0v) is 9.53. The number of carboxylic acid groups (broad SMARTS) is 1. The van der Waals surface area contributed by atoms with Crippen LogP contribution in [0.5, 0.6) is 5.75 Å². The van der Waals surface area contributed by atoms with Gasteiger partial charge in [-0.15, -0.1) is 0 Å². The summed E-state index contributed by atoms with van der Waals surface area (Å²) in [6.45, 7) is 5.84. The van der Waals surface area contributed by atoms with E-state index in [4.69, 9.17) is 9.84 Å². The number of carboxylic acids is 1. The van der Waals surface area contributed by atoms with Crippen molar-refractivity contribution in [3.63, 3.8) is 0 Å². The normalized spacial score (nSPS) is 13.2. The van der Waals surface area contributed by atoms with Crippen molar-refractivity contribution in [3.8, 4) is 5.75 Å². The van der Waals surface area contributed by atoms with Crippen LogP contribution >= 0.6 is 0 Å². The fourth-order valence-corrected chi connectivity index (χ4v) is 1.35. The van der Waals surface area contributed by atoms with Crippen LogP contribution in [-0.4, -0.2) is 17.4 Å². The van der Waals surface area contributed by atoms with Crippen LogP contribution < -0.4 is 4.74 Å². The van der Waals surface area contributed by atoms with Crippen molar-refractivity contribution < 1.29 is 19.0 Å². The van der Waals surface area contributed by atoms with Crippen molar-refractivity contribution >= 4 is 5.97 Å². The third-order valence-electron chi connectivity index (χ3n) is 2.12. The summed E-state index contributed by atoms with van der Waals surface area (Å²) in [6.07, 6.45) is -2.33. The van der Waals surface area contributed by atoms with Crippen molar-refractivity contribution in [1.29, 1.82) is 0 Å². The minimum Gasteiger partial charge on any atom is -0.476 e. The van der Waals surface area contributed by atoms with Crippen molar-refractivity contribution in [3.05, 3.63) is 29.8 Å². The number of ether oxygens (including phenoxy) is 1. The van der Waals surface area contributed by atoms with Gasteiger partial charge in [-0.25, -0.2) is 4.79 Å². The van der Waals surface area contributed by atoms with E-state index >= 15 is 0 Å². The Balaban J connectivity index is 3.01. The Morgan fingerprint density at radius 1 is 1.38 bits per heavy atom. The van der Waals surface area contributed by atoms with Gasteiger partial charge in [0.05, 0.1) is 0 Å². The molecule has 88 valence electrons. The molecule has 1 N–H and O–H groups in total. The summed E-state index contributed by atoms with van der Waals surface area (Å²) in [5.41, 5.74) is 0.549. The summed E-state index contributed by atoms with van der Waals surface area (Å²) in [6, 6.07) is 6.85. The molecule has 0 spiro atoms. The fraction of sp³-hybridized carbons (Fsp3) is 0.417. The molecule has 0 aliphatic heterocycles. The van der Waals surface area contributed by atoms with Gasteiger partial charge in [-0.05, 0) is 17.0 Å². The zero-order valence-electron chi connectivity index (χ0n) is 9.53. The second-order valence-electron chi connectivity index (χ2n) is 4.52. The Kier molecular flexibility index (Phi) is 3.52. The molecule has 1 aromatic carbocycles. The predicted octanol–water partition coefficient (Wildman–Crippen LogP) is 2.74. The van der Waals surface area contributed by atoms with Crippen LogP contribution in [0.4, 0.5) is 4.39 Å². The van der Waals surface area contributed by atoms with Crippen LogP contribution in [0.1, 0.15) is 26.3 Å². The number of aliphatic carboxylic acids is 1. The van der Waals surface area contributed by atoms with Gasteiger partial charge < -0.3 is 9.84 Å². The second-order valence-corrected chi connectivity index (χ2v) is 4.52. The molecule has 3 nitrogen and oxygen atoms in total. The van der Waals surface area contributed by atoms with E-state index in [9.17, 15) is 9.18 Å². The maximum atomic E-state index is 13.0. The minimum atomic E-state index is -2.33. The van der Waals surface area contributed by atoms with Crippen LogP contribution in [0.25, 0.3) is 0 Å². The van der Waals surface area contributed by atoms with E-state index in [0.29, 0.717) is 0 Å².